The number of rotatable bonds is 5. The SMILES string of the molecule is O=C(Nc1ccc(Cn2cccn2)cc1)N1CCN(CCO)CC1. The van der Waals surface area contributed by atoms with Gasteiger partial charge in [-0.25, -0.2) is 4.79 Å². The van der Waals surface area contributed by atoms with Crippen molar-refractivity contribution in [1.82, 2.24) is 19.6 Å². The summed E-state index contributed by atoms with van der Waals surface area (Å²) in [6.07, 6.45) is 3.68. The van der Waals surface area contributed by atoms with Crippen molar-refractivity contribution in [2.45, 2.75) is 6.54 Å². The molecule has 2 N–H and O–H groups in total. The van der Waals surface area contributed by atoms with Crippen LogP contribution in [0.2, 0.25) is 0 Å². The van der Waals surface area contributed by atoms with Gasteiger partial charge in [-0.2, -0.15) is 5.10 Å². The van der Waals surface area contributed by atoms with Gasteiger partial charge in [0.2, 0.25) is 0 Å². The largest absolute Gasteiger partial charge is 0.395 e. The summed E-state index contributed by atoms with van der Waals surface area (Å²) < 4.78 is 1.86. The molecule has 0 unspecified atom stereocenters. The Hall–Kier alpha value is -2.38. The molecule has 128 valence electrons. The highest BCUT2D eigenvalue weighted by Gasteiger charge is 2.20. The van der Waals surface area contributed by atoms with E-state index in [2.05, 4.69) is 15.3 Å². The topological polar surface area (TPSA) is 73.6 Å². The summed E-state index contributed by atoms with van der Waals surface area (Å²) in [5.41, 5.74) is 1.93. The van der Waals surface area contributed by atoms with Crippen molar-refractivity contribution in [1.29, 1.82) is 0 Å². The van der Waals surface area contributed by atoms with Gasteiger partial charge in [0, 0.05) is 50.8 Å². The molecular formula is C17H23N5O2. The number of hydrogen-bond acceptors (Lipinski definition) is 4. The molecule has 0 spiro atoms. The molecule has 0 atom stereocenters. The molecular weight excluding hydrogens is 306 g/mol. The van der Waals surface area contributed by atoms with E-state index in [-0.39, 0.29) is 12.6 Å². The first kappa shape index (κ1) is 16.5. The molecule has 2 aromatic rings. The van der Waals surface area contributed by atoms with Gasteiger partial charge in [-0.05, 0) is 23.8 Å². The molecule has 3 rings (SSSR count). The zero-order valence-electron chi connectivity index (χ0n) is 13.6. The molecule has 0 aliphatic carbocycles. The second-order valence-corrected chi connectivity index (χ2v) is 5.88. The third kappa shape index (κ3) is 4.33. The average molecular weight is 329 g/mol. The smallest absolute Gasteiger partial charge is 0.321 e. The lowest BCUT2D eigenvalue weighted by molar-refractivity contribution is 0.127. The van der Waals surface area contributed by atoms with Gasteiger partial charge in [0.25, 0.3) is 0 Å². The molecule has 2 heterocycles. The van der Waals surface area contributed by atoms with Gasteiger partial charge < -0.3 is 15.3 Å². The second kappa shape index (κ2) is 7.94. The van der Waals surface area contributed by atoms with Crippen LogP contribution in [0.15, 0.2) is 42.7 Å². The molecule has 0 bridgehead atoms. The summed E-state index contributed by atoms with van der Waals surface area (Å²) in [6, 6.07) is 9.65. The van der Waals surface area contributed by atoms with Crippen LogP contribution in [0.1, 0.15) is 5.56 Å². The lowest BCUT2D eigenvalue weighted by Gasteiger charge is -2.34. The number of carbonyl (C=O) groups excluding carboxylic acids is 1. The molecule has 0 radical (unpaired) electrons. The first-order valence-corrected chi connectivity index (χ1v) is 8.20. The number of urea groups is 1. The van der Waals surface area contributed by atoms with Gasteiger partial charge in [-0.3, -0.25) is 9.58 Å². The van der Waals surface area contributed by atoms with Crippen molar-refractivity contribution in [3.8, 4) is 0 Å². The Kier molecular flexibility index (Phi) is 5.45. The lowest BCUT2D eigenvalue weighted by Crippen LogP contribution is -2.50. The van der Waals surface area contributed by atoms with Gasteiger partial charge in [-0.15, -0.1) is 0 Å². The Morgan fingerprint density at radius 2 is 1.92 bits per heavy atom. The van der Waals surface area contributed by atoms with Crippen LogP contribution in [0, 0.1) is 0 Å². The van der Waals surface area contributed by atoms with E-state index in [4.69, 9.17) is 5.11 Å². The van der Waals surface area contributed by atoms with E-state index >= 15 is 0 Å². The van der Waals surface area contributed by atoms with Crippen molar-refractivity contribution >= 4 is 11.7 Å². The Morgan fingerprint density at radius 3 is 2.54 bits per heavy atom. The van der Waals surface area contributed by atoms with Gasteiger partial charge in [0.05, 0.1) is 13.2 Å². The highest BCUT2D eigenvalue weighted by Crippen LogP contribution is 2.12. The zero-order chi connectivity index (χ0) is 16.8. The first-order chi connectivity index (χ1) is 11.7. The zero-order valence-corrected chi connectivity index (χ0v) is 13.6. The van der Waals surface area contributed by atoms with E-state index in [1.807, 2.05) is 46.1 Å². The molecule has 24 heavy (non-hydrogen) atoms. The van der Waals surface area contributed by atoms with E-state index in [0.29, 0.717) is 26.2 Å². The Bertz CT molecular complexity index is 634. The number of carbonyl (C=O) groups is 1. The van der Waals surface area contributed by atoms with Crippen LogP contribution in [0.3, 0.4) is 0 Å². The standard InChI is InChI=1S/C17H23N5O2/c23-13-12-20-8-10-21(11-9-20)17(24)19-16-4-2-15(3-5-16)14-22-7-1-6-18-22/h1-7,23H,8-14H2,(H,19,24). The quantitative estimate of drug-likeness (QED) is 0.861. The summed E-state index contributed by atoms with van der Waals surface area (Å²) in [5.74, 6) is 0. The molecule has 1 aliphatic rings. The van der Waals surface area contributed by atoms with Crippen molar-refractivity contribution < 1.29 is 9.90 Å². The number of anilines is 1. The molecule has 1 saturated heterocycles. The maximum atomic E-state index is 12.3. The fraction of sp³-hybridized carbons (Fsp3) is 0.412. The Labute approximate surface area is 141 Å². The van der Waals surface area contributed by atoms with Crippen LogP contribution in [0.4, 0.5) is 10.5 Å². The summed E-state index contributed by atoms with van der Waals surface area (Å²) in [6.45, 7) is 4.53. The van der Waals surface area contributed by atoms with Crippen LogP contribution < -0.4 is 5.32 Å². The van der Waals surface area contributed by atoms with E-state index in [1.54, 1.807) is 6.20 Å². The number of amides is 2. The minimum atomic E-state index is -0.0709. The van der Waals surface area contributed by atoms with E-state index < -0.39 is 0 Å². The minimum absolute atomic E-state index is 0.0709. The highest BCUT2D eigenvalue weighted by atomic mass is 16.3. The minimum Gasteiger partial charge on any atom is -0.395 e. The fourth-order valence-electron chi connectivity index (χ4n) is 2.79. The van der Waals surface area contributed by atoms with Gasteiger partial charge in [-0.1, -0.05) is 12.1 Å². The van der Waals surface area contributed by atoms with Crippen molar-refractivity contribution in [2.75, 3.05) is 44.6 Å². The van der Waals surface area contributed by atoms with Crippen LogP contribution in [0.25, 0.3) is 0 Å². The molecule has 7 nitrogen and oxygen atoms in total. The van der Waals surface area contributed by atoms with Crippen molar-refractivity contribution in [3.63, 3.8) is 0 Å². The number of hydrogen-bond donors (Lipinski definition) is 2. The van der Waals surface area contributed by atoms with Crippen LogP contribution in [0.5, 0.6) is 0 Å². The molecule has 1 fully saturated rings. The molecule has 1 aromatic carbocycles. The number of piperazine rings is 1. The monoisotopic (exact) mass is 329 g/mol. The number of β-amino-alcohol motifs (C(OH)–C–C–N with tert-alkyl or cyclic N) is 1. The number of nitrogens with zero attached hydrogens (tertiary/aromatic N) is 4. The summed E-state index contributed by atoms with van der Waals surface area (Å²) >= 11 is 0. The number of aliphatic hydroxyl groups is 1. The van der Waals surface area contributed by atoms with Crippen LogP contribution >= 0.6 is 0 Å². The normalized spacial score (nSPS) is 15.5. The van der Waals surface area contributed by atoms with E-state index in [9.17, 15) is 4.79 Å². The van der Waals surface area contributed by atoms with Crippen LogP contribution in [-0.2, 0) is 6.54 Å². The van der Waals surface area contributed by atoms with E-state index in [1.165, 1.54) is 0 Å². The van der Waals surface area contributed by atoms with Crippen molar-refractivity contribution in [2.24, 2.45) is 0 Å². The van der Waals surface area contributed by atoms with Crippen LogP contribution in [-0.4, -0.2) is 70.0 Å². The summed E-state index contributed by atoms with van der Waals surface area (Å²) in [4.78, 5) is 16.3. The summed E-state index contributed by atoms with van der Waals surface area (Å²) in [7, 11) is 0. The van der Waals surface area contributed by atoms with Crippen molar-refractivity contribution in [3.05, 3.63) is 48.3 Å². The second-order valence-electron chi connectivity index (χ2n) is 5.88. The highest BCUT2D eigenvalue weighted by molar-refractivity contribution is 5.89. The molecule has 1 aromatic heterocycles. The molecule has 2 amide bonds. The molecule has 7 heteroatoms. The Balaban J connectivity index is 1.49. The fourth-order valence-corrected chi connectivity index (χ4v) is 2.79. The van der Waals surface area contributed by atoms with Gasteiger partial charge >= 0.3 is 6.03 Å². The summed E-state index contributed by atoms with van der Waals surface area (Å²) in [5, 5.41) is 16.1. The maximum absolute atomic E-state index is 12.3. The molecule has 0 saturated carbocycles. The van der Waals surface area contributed by atoms with Gasteiger partial charge in [0.15, 0.2) is 0 Å². The number of aliphatic hydroxyl groups excluding tert-OH is 1. The predicted molar refractivity (Wildman–Crippen MR) is 91.9 cm³/mol. The predicted octanol–water partition coefficient (Wildman–Crippen LogP) is 1.07. The third-order valence-electron chi connectivity index (χ3n) is 4.18. The maximum Gasteiger partial charge on any atom is 0.321 e. The van der Waals surface area contributed by atoms with E-state index in [0.717, 1.165) is 24.3 Å². The van der Waals surface area contributed by atoms with Gasteiger partial charge in [0.1, 0.15) is 0 Å². The first-order valence-electron chi connectivity index (χ1n) is 8.20. The average Bonchev–Trinajstić information content (AvgIpc) is 3.10. The Morgan fingerprint density at radius 1 is 1.17 bits per heavy atom. The number of benzene rings is 1. The molecule has 1 aliphatic heterocycles. The lowest BCUT2D eigenvalue weighted by atomic mass is 10.2. The number of nitrogens with one attached hydrogen (secondary N) is 1. The number of aromatic nitrogens is 2. The third-order valence-corrected chi connectivity index (χ3v) is 4.18.